The predicted molar refractivity (Wildman–Crippen MR) is 102 cm³/mol. The number of fused-ring (bicyclic) bond motifs is 1. The second kappa shape index (κ2) is 8.21. The van der Waals surface area contributed by atoms with Crippen molar-refractivity contribution in [1.82, 2.24) is 4.90 Å². The number of nitrogens with one attached hydrogen (secondary N) is 1. The maximum atomic E-state index is 12.8. The molecule has 0 unspecified atom stereocenters. The van der Waals surface area contributed by atoms with E-state index in [9.17, 15) is 32.3 Å². The van der Waals surface area contributed by atoms with Gasteiger partial charge in [-0.25, -0.2) is 4.79 Å². The zero-order chi connectivity index (χ0) is 22.9. The minimum Gasteiger partial charge on any atom is -0.451 e. The molecular formula is C21H17F3N2O5. The molecule has 1 aliphatic rings. The lowest BCUT2D eigenvalue weighted by Gasteiger charge is -2.22. The second-order valence-corrected chi connectivity index (χ2v) is 6.85. The number of benzene rings is 2. The Bertz CT molecular complexity index is 1030. The molecule has 31 heavy (non-hydrogen) atoms. The van der Waals surface area contributed by atoms with Gasteiger partial charge in [-0.05, 0) is 44.2 Å². The molecule has 10 heteroatoms. The molecule has 1 heterocycles. The number of halogens is 3. The average molecular weight is 434 g/mol. The first-order valence-electron chi connectivity index (χ1n) is 9.16. The van der Waals surface area contributed by atoms with Crippen LogP contribution in [0.15, 0.2) is 48.5 Å². The number of carbonyl (C=O) groups excluding carboxylic acids is 4. The van der Waals surface area contributed by atoms with E-state index in [1.165, 1.54) is 32.0 Å². The summed E-state index contributed by atoms with van der Waals surface area (Å²) in [5.41, 5.74) is -0.768. The molecule has 3 rings (SSSR count). The third-order valence-electron chi connectivity index (χ3n) is 4.67. The van der Waals surface area contributed by atoms with Crippen molar-refractivity contribution >= 4 is 29.4 Å². The molecular weight excluding hydrogens is 417 g/mol. The molecule has 0 aromatic heterocycles. The highest BCUT2D eigenvalue weighted by Crippen LogP contribution is 2.30. The largest absolute Gasteiger partial charge is 0.451 e. The van der Waals surface area contributed by atoms with Gasteiger partial charge in [0.05, 0.1) is 16.7 Å². The molecule has 0 saturated carbocycles. The topological polar surface area (TPSA) is 92.8 Å². The first-order valence-corrected chi connectivity index (χ1v) is 9.16. The standard InChI is InChI=1S/C21H17F3N2O5/c1-11(26-18(28)15-8-3-4-9-16(15)19(26)29)20(30)31-12(2)17(27)25-14-7-5-6-13(10-14)21(22,23)24/h3-12H,1-2H3,(H,25,27)/t11-,12-/m1/s1. The van der Waals surface area contributed by atoms with Gasteiger partial charge in [-0.1, -0.05) is 18.2 Å². The first-order chi connectivity index (χ1) is 14.5. The van der Waals surface area contributed by atoms with Gasteiger partial charge in [0.2, 0.25) is 0 Å². The van der Waals surface area contributed by atoms with Gasteiger partial charge in [-0.15, -0.1) is 0 Å². The molecule has 0 bridgehead atoms. The Morgan fingerprint density at radius 3 is 2.10 bits per heavy atom. The monoisotopic (exact) mass is 434 g/mol. The molecule has 0 spiro atoms. The molecule has 0 radical (unpaired) electrons. The summed E-state index contributed by atoms with van der Waals surface area (Å²) in [6.07, 6.45) is -5.97. The Kier molecular flexibility index (Phi) is 5.83. The highest BCUT2D eigenvalue weighted by atomic mass is 19.4. The van der Waals surface area contributed by atoms with E-state index >= 15 is 0 Å². The highest BCUT2D eigenvalue weighted by molar-refractivity contribution is 6.22. The Morgan fingerprint density at radius 1 is 0.968 bits per heavy atom. The van der Waals surface area contributed by atoms with Gasteiger partial charge in [0.1, 0.15) is 6.04 Å². The molecule has 2 aromatic carbocycles. The number of esters is 1. The van der Waals surface area contributed by atoms with Gasteiger partial charge in [-0.3, -0.25) is 19.3 Å². The SMILES string of the molecule is C[C@H](C(=O)O[C@H](C)C(=O)Nc1cccc(C(F)(F)F)c1)N1C(=O)c2ccccc2C1=O. The summed E-state index contributed by atoms with van der Waals surface area (Å²) < 4.78 is 43.4. The third kappa shape index (κ3) is 4.42. The lowest BCUT2D eigenvalue weighted by molar-refractivity contribution is -0.156. The van der Waals surface area contributed by atoms with Crippen LogP contribution in [0.4, 0.5) is 18.9 Å². The minimum absolute atomic E-state index is 0.129. The summed E-state index contributed by atoms with van der Waals surface area (Å²) in [6, 6.07) is 8.74. The van der Waals surface area contributed by atoms with Crippen LogP contribution in [-0.2, 0) is 20.5 Å². The van der Waals surface area contributed by atoms with Crippen LogP contribution < -0.4 is 5.32 Å². The summed E-state index contributed by atoms with van der Waals surface area (Å²) in [5.74, 6) is -3.21. The van der Waals surface area contributed by atoms with Crippen molar-refractivity contribution in [1.29, 1.82) is 0 Å². The summed E-state index contributed by atoms with van der Waals surface area (Å²) in [6.45, 7) is 2.50. The number of carbonyl (C=O) groups is 4. The average Bonchev–Trinajstić information content (AvgIpc) is 2.97. The van der Waals surface area contributed by atoms with E-state index in [2.05, 4.69) is 5.32 Å². The molecule has 0 aliphatic carbocycles. The van der Waals surface area contributed by atoms with Crippen molar-refractivity contribution in [3.63, 3.8) is 0 Å². The van der Waals surface area contributed by atoms with Crippen molar-refractivity contribution in [2.24, 2.45) is 0 Å². The maximum absolute atomic E-state index is 12.8. The molecule has 2 aromatic rings. The number of imide groups is 1. The van der Waals surface area contributed by atoms with Crippen LogP contribution in [0.5, 0.6) is 0 Å². The molecule has 0 fully saturated rings. The maximum Gasteiger partial charge on any atom is 0.416 e. The van der Waals surface area contributed by atoms with Crippen LogP contribution in [0, 0.1) is 0 Å². The predicted octanol–water partition coefficient (Wildman–Crippen LogP) is 3.26. The fourth-order valence-electron chi connectivity index (χ4n) is 3.01. The quantitative estimate of drug-likeness (QED) is 0.576. The summed E-state index contributed by atoms with van der Waals surface area (Å²) >= 11 is 0. The minimum atomic E-state index is -4.58. The van der Waals surface area contributed by atoms with E-state index in [1.807, 2.05) is 0 Å². The Balaban J connectivity index is 1.65. The molecule has 2 atom stereocenters. The zero-order valence-electron chi connectivity index (χ0n) is 16.4. The van der Waals surface area contributed by atoms with Gasteiger partial charge in [0.15, 0.2) is 6.10 Å². The van der Waals surface area contributed by atoms with Gasteiger partial charge >= 0.3 is 12.1 Å². The Morgan fingerprint density at radius 2 is 1.55 bits per heavy atom. The van der Waals surface area contributed by atoms with Crippen LogP contribution in [0.25, 0.3) is 0 Å². The number of hydrogen-bond acceptors (Lipinski definition) is 5. The number of hydrogen-bond donors (Lipinski definition) is 1. The Hall–Kier alpha value is -3.69. The van der Waals surface area contributed by atoms with Crippen LogP contribution >= 0.6 is 0 Å². The van der Waals surface area contributed by atoms with Gasteiger partial charge in [-0.2, -0.15) is 13.2 Å². The number of nitrogens with zero attached hydrogens (tertiary/aromatic N) is 1. The van der Waals surface area contributed by atoms with Gasteiger partial charge in [0.25, 0.3) is 17.7 Å². The van der Waals surface area contributed by atoms with Crippen LogP contribution in [0.2, 0.25) is 0 Å². The lowest BCUT2D eigenvalue weighted by Crippen LogP contribution is -2.45. The zero-order valence-corrected chi connectivity index (χ0v) is 16.4. The van der Waals surface area contributed by atoms with E-state index in [-0.39, 0.29) is 16.8 Å². The van der Waals surface area contributed by atoms with E-state index < -0.39 is 47.6 Å². The molecule has 1 aliphatic heterocycles. The first kappa shape index (κ1) is 22.0. The summed E-state index contributed by atoms with van der Waals surface area (Å²) in [4.78, 5) is 50.3. The van der Waals surface area contributed by atoms with Crippen molar-refractivity contribution in [3.8, 4) is 0 Å². The number of rotatable bonds is 5. The number of ether oxygens (including phenoxy) is 1. The third-order valence-corrected chi connectivity index (χ3v) is 4.67. The van der Waals surface area contributed by atoms with Crippen LogP contribution in [-0.4, -0.2) is 40.7 Å². The normalized spacial score (nSPS) is 15.3. The van der Waals surface area contributed by atoms with Crippen molar-refractivity contribution in [2.45, 2.75) is 32.2 Å². The number of amides is 3. The molecule has 3 amide bonds. The van der Waals surface area contributed by atoms with Crippen molar-refractivity contribution in [2.75, 3.05) is 5.32 Å². The highest BCUT2D eigenvalue weighted by Gasteiger charge is 2.41. The van der Waals surface area contributed by atoms with E-state index in [0.29, 0.717) is 0 Å². The molecule has 0 saturated heterocycles. The van der Waals surface area contributed by atoms with Crippen molar-refractivity contribution in [3.05, 3.63) is 65.2 Å². The van der Waals surface area contributed by atoms with Gasteiger partial charge < -0.3 is 10.1 Å². The smallest absolute Gasteiger partial charge is 0.416 e. The molecule has 162 valence electrons. The fourth-order valence-corrected chi connectivity index (χ4v) is 3.01. The lowest BCUT2D eigenvalue weighted by atomic mass is 10.1. The Labute approximate surface area is 174 Å². The fraction of sp³-hybridized carbons (Fsp3) is 0.238. The molecule has 7 nitrogen and oxygen atoms in total. The summed E-state index contributed by atoms with van der Waals surface area (Å²) in [5, 5.41) is 2.24. The number of alkyl halides is 3. The van der Waals surface area contributed by atoms with E-state index in [1.54, 1.807) is 12.1 Å². The van der Waals surface area contributed by atoms with E-state index in [0.717, 1.165) is 23.1 Å². The van der Waals surface area contributed by atoms with Crippen LogP contribution in [0.3, 0.4) is 0 Å². The van der Waals surface area contributed by atoms with Crippen LogP contribution in [0.1, 0.15) is 40.1 Å². The van der Waals surface area contributed by atoms with E-state index in [4.69, 9.17) is 4.74 Å². The second-order valence-electron chi connectivity index (χ2n) is 6.85. The summed E-state index contributed by atoms with van der Waals surface area (Å²) in [7, 11) is 0. The van der Waals surface area contributed by atoms with Crippen molar-refractivity contribution < 1.29 is 37.1 Å². The molecule has 1 N–H and O–H groups in total. The number of anilines is 1. The van der Waals surface area contributed by atoms with Gasteiger partial charge in [0, 0.05) is 5.69 Å².